The van der Waals surface area contributed by atoms with Gasteiger partial charge in [-0.25, -0.2) is 0 Å². The van der Waals surface area contributed by atoms with E-state index < -0.39 is 11.4 Å². The molecule has 0 aromatic rings. The second kappa shape index (κ2) is 5.11. The van der Waals surface area contributed by atoms with Gasteiger partial charge in [-0.05, 0) is 25.8 Å². The molecule has 4 heteroatoms. The fraction of sp³-hybridized carbons (Fsp3) is 0.875. The van der Waals surface area contributed by atoms with Crippen molar-refractivity contribution in [3.63, 3.8) is 0 Å². The molecule has 4 nitrogen and oxygen atoms in total. The van der Waals surface area contributed by atoms with E-state index >= 15 is 0 Å². The molecule has 0 heterocycles. The number of aliphatic carboxylic acids is 1. The Morgan fingerprint density at radius 1 is 1.50 bits per heavy atom. The molecule has 0 aromatic heterocycles. The Hall–Kier alpha value is -0.610. The number of nitrogens with two attached hydrogens (primary N) is 1. The summed E-state index contributed by atoms with van der Waals surface area (Å²) in [4.78, 5) is 10.9. The predicted octanol–water partition coefficient (Wildman–Crippen LogP) is 0.199. The zero-order valence-electron chi connectivity index (χ0n) is 7.42. The lowest BCUT2D eigenvalue weighted by Crippen LogP contribution is -2.33. The summed E-state index contributed by atoms with van der Waals surface area (Å²) in [5, 5.41) is 17.6. The molecule has 0 aliphatic rings. The molecule has 4 N–H and O–H groups in total. The maximum absolute atomic E-state index is 10.9. The van der Waals surface area contributed by atoms with Crippen LogP contribution in [0.15, 0.2) is 0 Å². The van der Waals surface area contributed by atoms with Gasteiger partial charge >= 0.3 is 5.97 Å². The van der Waals surface area contributed by atoms with Gasteiger partial charge < -0.3 is 15.9 Å². The summed E-state index contributed by atoms with van der Waals surface area (Å²) in [7, 11) is 0. The number of carbonyl (C=O) groups is 1. The molecule has 0 rings (SSSR count). The first-order valence-electron chi connectivity index (χ1n) is 4.17. The summed E-state index contributed by atoms with van der Waals surface area (Å²) in [5.74, 6) is -0.857. The molecule has 72 valence electrons. The summed E-state index contributed by atoms with van der Waals surface area (Å²) >= 11 is 0. The third-order valence-electron chi connectivity index (χ3n) is 2.34. The van der Waals surface area contributed by atoms with Gasteiger partial charge in [0.2, 0.25) is 0 Å². The van der Waals surface area contributed by atoms with Crippen LogP contribution < -0.4 is 5.73 Å². The third kappa shape index (κ3) is 2.46. The van der Waals surface area contributed by atoms with Crippen LogP contribution in [0.3, 0.4) is 0 Å². The lowest BCUT2D eigenvalue weighted by molar-refractivity contribution is -0.150. The van der Waals surface area contributed by atoms with Gasteiger partial charge in [0.05, 0.1) is 5.41 Å². The molecule has 0 radical (unpaired) electrons. The summed E-state index contributed by atoms with van der Waals surface area (Å²) in [5.41, 5.74) is 4.50. The zero-order valence-corrected chi connectivity index (χ0v) is 7.42. The molecule has 0 spiro atoms. The van der Waals surface area contributed by atoms with Crippen LogP contribution in [-0.4, -0.2) is 29.3 Å². The van der Waals surface area contributed by atoms with Gasteiger partial charge in [0, 0.05) is 6.61 Å². The van der Waals surface area contributed by atoms with Gasteiger partial charge in [-0.2, -0.15) is 0 Å². The maximum atomic E-state index is 10.9. The Morgan fingerprint density at radius 2 is 2.08 bits per heavy atom. The highest BCUT2D eigenvalue weighted by atomic mass is 16.4. The number of aliphatic hydroxyl groups excluding tert-OH is 1. The first-order chi connectivity index (χ1) is 5.63. The average Bonchev–Trinajstić information content (AvgIpc) is 2.03. The number of hydrogen-bond acceptors (Lipinski definition) is 3. The van der Waals surface area contributed by atoms with Crippen LogP contribution in [-0.2, 0) is 4.79 Å². The molecule has 0 fully saturated rings. The van der Waals surface area contributed by atoms with Crippen molar-refractivity contribution in [3.8, 4) is 0 Å². The van der Waals surface area contributed by atoms with Gasteiger partial charge in [-0.15, -0.1) is 0 Å². The van der Waals surface area contributed by atoms with Crippen molar-refractivity contribution in [1.29, 1.82) is 0 Å². The van der Waals surface area contributed by atoms with E-state index in [9.17, 15) is 4.79 Å². The Bertz CT molecular complexity index is 141. The van der Waals surface area contributed by atoms with Crippen molar-refractivity contribution < 1.29 is 15.0 Å². The van der Waals surface area contributed by atoms with Gasteiger partial charge in [0.15, 0.2) is 0 Å². The van der Waals surface area contributed by atoms with Crippen LogP contribution in [0.5, 0.6) is 0 Å². The topological polar surface area (TPSA) is 83.5 Å². The van der Waals surface area contributed by atoms with Gasteiger partial charge in [0.25, 0.3) is 0 Å². The van der Waals surface area contributed by atoms with Gasteiger partial charge in [-0.1, -0.05) is 6.92 Å². The van der Waals surface area contributed by atoms with Gasteiger partial charge in [-0.3, -0.25) is 4.79 Å². The molecule has 0 amide bonds. The lowest BCUT2D eigenvalue weighted by Gasteiger charge is -2.26. The molecule has 0 aliphatic heterocycles. The molecule has 12 heavy (non-hydrogen) atoms. The van der Waals surface area contributed by atoms with Crippen LogP contribution in [0.4, 0.5) is 0 Å². The van der Waals surface area contributed by atoms with E-state index in [0.717, 1.165) is 0 Å². The van der Waals surface area contributed by atoms with Crippen molar-refractivity contribution >= 4 is 5.97 Å². The highest BCUT2D eigenvalue weighted by Gasteiger charge is 2.34. The Kier molecular flexibility index (Phi) is 4.85. The largest absolute Gasteiger partial charge is 0.481 e. The number of rotatable bonds is 6. The first kappa shape index (κ1) is 11.4. The SMILES string of the molecule is CCC(CCN)(CCO)C(=O)O. The first-order valence-corrected chi connectivity index (χ1v) is 4.17. The fourth-order valence-electron chi connectivity index (χ4n) is 1.33. The van der Waals surface area contributed by atoms with Crippen molar-refractivity contribution in [2.24, 2.45) is 11.1 Å². The Balaban J connectivity index is 4.39. The monoisotopic (exact) mass is 175 g/mol. The average molecular weight is 175 g/mol. The van der Waals surface area contributed by atoms with E-state index in [1.165, 1.54) is 0 Å². The zero-order chi connectivity index (χ0) is 9.61. The van der Waals surface area contributed by atoms with Crippen LogP contribution in [0.1, 0.15) is 26.2 Å². The Morgan fingerprint density at radius 3 is 2.33 bits per heavy atom. The standard InChI is InChI=1S/C8H17NO3/c1-2-8(3-5-9,4-6-10)7(11)12/h10H,2-6,9H2,1H3,(H,11,12). The summed E-state index contributed by atoms with van der Waals surface area (Å²) in [6, 6.07) is 0. The van der Waals surface area contributed by atoms with Crippen LogP contribution in [0.25, 0.3) is 0 Å². The molecular weight excluding hydrogens is 158 g/mol. The molecule has 0 aliphatic carbocycles. The predicted molar refractivity (Wildman–Crippen MR) is 45.7 cm³/mol. The summed E-state index contributed by atoms with van der Waals surface area (Å²) in [6.45, 7) is 2.06. The minimum Gasteiger partial charge on any atom is -0.481 e. The molecule has 1 atom stereocenters. The second-order valence-electron chi connectivity index (χ2n) is 2.95. The van der Waals surface area contributed by atoms with Crippen LogP contribution >= 0.6 is 0 Å². The third-order valence-corrected chi connectivity index (χ3v) is 2.34. The van der Waals surface area contributed by atoms with Gasteiger partial charge in [0.1, 0.15) is 0 Å². The normalized spacial score (nSPS) is 15.6. The lowest BCUT2D eigenvalue weighted by atomic mass is 9.79. The molecule has 0 aromatic carbocycles. The number of hydrogen-bond donors (Lipinski definition) is 3. The minimum atomic E-state index is -0.857. The molecule has 0 saturated carbocycles. The van der Waals surface area contributed by atoms with E-state index in [4.69, 9.17) is 15.9 Å². The molecule has 0 saturated heterocycles. The maximum Gasteiger partial charge on any atom is 0.309 e. The summed E-state index contributed by atoms with van der Waals surface area (Å²) in [6.07, 6.45) is 1.23. The summed E-state index contributed by atoms with van der Waals surface area (Å²) < 4.78 is 0. The highest BCUT2D eigenvalue weighted by Crippen LogP contribution is 2.30. The number of carboxylic acid groups (broad SMARTS) is 1. The molecule has 1 unspecified atom stereocenters. The minimum absolute atomic E-state index is 0.0971. The van der Waals surface area contributed by atoms with Crippen LogP contribution in [0.2, 0.25) is 0 Å². The quantitative estimate of drug-likeness (QED) is 0.538. The van der Waals surface area contributed by atoms with Crippen molar-refractivity contribution in [1.82, 2.24) is 0 Å². The smallest absolute Gasteiger partial charge is 0.309 e. The van der Waals surface area contributed by atoms with Crippen molar-refractivity contribution in [2.75, 3.05) is 13.2 Å². The van der Waals surface area contributed by atoms with E-state index in [-0.39, 0.29) is 13.0 Å². The number of carboxylic acids is 1. The van der Waals surface area contributed by atoms with E-state index in [2.05, 4.69) is 0 Å². The fourth-order valence-corrected chi connectivity index (χ4v) is 1.33. The van der Waals surface area contributed by atoms with Crippen LogP contribution in [0, 0.1) is 5.41 Å². The number of aliphatic hydroxyl groups is 1. The van der Waals surface area contributed by atoms with E-state index in [1.807, 2.05) is 0 Å². The Labute approximate surface area is 72.4 Å². The van der Waals surface area contributed by atoms with Crippen molar-refractivity contribution in [3.05, 3.63) is 0 Å². The van der Waals surface area contributed by atoms with Crippen molar-refractivity contribution in [2.45, 2.75) is 26.2 Å². The molecular formula is C8H17NO3. The second-order valence-corrected chi connectivity index (χ2v) is 2.95. The van der Waals surface area contributed by atoms with E-state index in [0.29, 0.717) is 19.4 Å². The molecule has 0 bridgehead atoms. The van der Waals surface area contributed by atoms with E-state index in [1.54, 1.807) is 6.92 Å². The highest BCUT2D eigenvalue weighted by molar-refractivity contribution is 5.74.